The van der Waals surface area contributed by atoms with Gasteiger partial charge in [-0.05, 0) is 56.9 Å². The molecule has 0 bridgehead atoms. The van der Waals surface area contributed by atoms with Crippen molar-refractivity contribution in [2.75, 3.05) is 19.5 Å². The third kappa shape index (κ3) is 4.20. The van der Waals surface area contributed by atoms with Crippen LogP contribution in [0.25, 0.3) is 0 Å². The largest absolute Gasteiger partial charge is 0.497 e. The van der Waals surface area contributed by atoms with Gasteiger partial charge in [0.05, 0.1) is 25.4 Å². The van der Waals surface area contributed by atoms with Gasteiger partial charge in [0.1, 0.15) is 11.6 Å². The molecule has 3 rings (SSSR count). The summed E-state index contributed by atoms with van der Waals surface area (Å²) in [6, 6.07) is 11.7. The van der Waals surface area contributed by atoms with E-state index in [1.165, 1.54) is 0 Å². The molecular formula is C20H27BN2O4. The minimum absolute atomic E-state index is 0.398. The van der Waals surface area contributed by atoms with Crippen molar-refractivity contribution in [1.29, 1.82) is 0 Å². The lowest BCUT2D eigenvalue weighted by Gasteiger charge is -2.32. The number of ether oxygens (including phenoxy) is 2. The minimum atomic E-state index is -0.464. The van der Waals surface area contributed by atoms with E-state index in [4.69, 9.17) is 18.8 Å². The fraction of sp³-hybridized carbons (Fsp3) is 0.450. The van der Waals surface area contributed by atoms with E-state index in [0.717, 1.165) is 16.8 Å². The van der Waals surface area contributed by atoms with E-state index in [-0.39, 0.29) is 0 Å². The minimum Gasteiger partial charge on any atom is -0.497 e. The van der Waals surface area contributed by atoms with Crippen molar-refractivity contribution < 1.29 is 18.8 Å². The maximum atomic E-state index is 6.15. The van der Waals surface area contributed by atoms with Crippen LogP contribution in [-0.2, 0) is 15.9 Å². The first kappa shape index (κ1) is 19.5. The quantitative estimate of drug-likeness (QED) is 0.789. The summed E-state index contributed by atoms with van der Waals surface area (Å²) >= 11 is 0. The molecule has 6 nitrogen and oxygen atoms in total. The molecule has 1 aliphatic heterocycles. The molecule has 0 amide bonds. The molecule has 7 heteroatoms. The summed E-state index contributed by atoms with van der Waals surface area (Å²) in [6.45, 7) is 8.78. The number of anilines is 1. The van der Waals surface area contributed by atoms with Crippen LogP contribution in [0.15, 0.2) is 36.4 Å². The Hall–Kier alpha value is -2.25. The molecule has 2 aromatic rings. The van der Waals surface area contributed by atoms with Crippen molar-refractivity contribution in [2.24, 2.45) is 0 Å². The second-order valence-corrected chi connectivity index (χ2v) is 7.62. The van der Waals surface area contributed by atoms with Gasteiger partial charge >= 0.3 is 7.12 Å². The Morgan fingerprint density at radius 1 is 0.963 bits per heavy atom. The molecule has 1 N–H and O–H groups in total. The highest BCUT2D eigenvalue weighted by Gasteiger charge is 2.51. The fourth-order valence-electron chi connectivity index (χ4n) is 2.77. The van der Waals surface area contributed by atoms with E-state index >= 15 is 0 Å². The lowest BCUT2D eigenvalue weighted by atomic mass is 9.79. The van der Waals surface area contributed by atoms with E-state index in [0.29, 0.717) is 18.2 Å². The van der Waals surface area contributed by atoms with Gasteiger partial charge in [0.25, 0.3) is 0 Å². The van der Waals surface area contributed by atoms with Crippen LogP contribution < -0.4 is 20.3 Å². The standard InChI is InChI=1S/C20H27BN2O4/c1-19(2)20(3,4)27-21(26-19)15-11-17(23-18(12-15)25-6)22-13-14-7-9-16(24-5)10-8-14/h7-12H,13H2,1-6H3,(H,22,23). The molecule has 0 atom stereocenters. The van der Waals surface area contributed by atoms with Crippen LogP contribution in [0.5, 0.6) is 11.6 Å². The van der Waals surface area contributed by atoms with Gasteiger partial charge in [0.2, 0.25) is 5.88 Å². The maximum absolute atomic E-state index is 6.15. The van der Waals surface area contributed by atoms with Gasteiger partial charge in [-0.25, -0.2) is 0 Å². The molecule has 27 heavy (non-hydrogen) atoms. The van der Waals surface area contributed by atoms with E-state index in [1.54, 1.807) is 14.2 Å². The van der Waals surface area contributed by atoms with Gasteiger partial charge in [-0.2, -0.15) is 4.98 Å². The summed E-state index contributed by atoms with van der Waals surface area (Å²) in [6.07, 6.45) is 0. The smallest absolute Gasteiger partial charge is 0.495 e. The molecule has 1 aliphatic rings. The highest BCUT2D eigenvalue weighted by molar-refractivity contribution is 6.62. The summed E-state index contributed by atoms with van der Waals surface area (Å²) < 4.78 is 22.8. The summed E-state index contributed by atoms with van der Waals surface area (Å²) in [7, 11) is 2.79. The molecule has 2 heterocycles. The summed E-state index contributed by atoms with van der Waals surface area (Å²) in [5.41, 5.74) is 1.20. The maximum Gasteiger partial charge on any atom is 0.495 e. The zero-order valence-electron chi connectivity index (χ0n) is 16.8. The van der Waals surface area contributed by atoms with Crippen LogP contribution in [0.3, 0.4) is 0 Å². The first-order valence-electron chi connectivity index (χ1n) is 9.02. The summed E-state index contributed by atoms with van der Waals surface area (Å²) in [5.74, 6) is 2.05. The fourth-order valence-corrected chi connectivity index (χ4v) is 2.77. The Bertz CT molecular complexity index is 777. The molecule has 0 aliphatic carbocycles. The molecule has 1 aromatic heterocycles. The van der Waals surface area contributed by atoms with E-state index in [1.807, 2.05) is 64.1 Å². The lowest BCUT2D eigenvalue weighted by molar-refractivity contribution is 0.00578. The lowest BCUT2D eigenvalue weighted by Crippen LogP contribution is -2.41. The summed E-state index contributed by atoms with van der Waals surface area (Å²) in [5, 5.41) is 3.34. The van der Waals surface area contributed by atoms with Gasteiger partial charge in [0.15, 0.2) is 0 Å². The predicted molar refractivity (Wildman–Crippen MR) is 107 cm³/mol. The first-order chi connectivity index (χ1) is 12.7. The molecule has 1 fully saturated rings. The van der Waals surface area contributed by atoms with Gasteiger partial charge in [-0.15, -0.1) is 0 Å². The Morgan fingerprint density at radius 3 is 2.15 bits per heavy atom. The number of hydrogen-bond donors (Lipinski definition) is 1. The third-order valence-corrected chi connectivity index (χ3v) is 5.19. The highest BCUT2D eigenvalue weighted by atomic mass is 16.7. The zero-order chi connectivity index (χ0) is 19.7. The van der Waals surface area contributed by atoms with Crippen LogP contribution in [-0.4, -0.2) is 37.5 Å². The Balaban J connectivity index is 1.77. The average Bonchev–Trinajstić information content (AvgIpc) is 2.87. The van der Waals surface area contributed by atoms with E-state index < -0.39 is 18.3 Å². The zero-order valence-corrected chi connectivity index (χ0v) is 16.8. The molecule has 0 saturated carbocycles. The number of nitrogens with zero attached hydrogens (tertiary/aromatic N) is 1. The van der Waals surface area contributed by atoms with Gasteiger partial charge in [0, 0.05) is 12.6 Å². The number of methoxy groups -OCH3 is 2. The molecule has 0 unspecified atom stereocenters. The van der Waals surface area contributed by atoms with Crippen molar-refractivity contribution in [2.45, 2.75) is 45.4 Å². The van der Waals surface area contributed by atoms with Gasteiger partial charge < -0.3 is 24.1 Å². The molecule has 0 radical (unpaired) electrons. The van der Waals surface area contributed by atoms with E-state index in [2.05, 4.69) is 10.3 Å². The van der Waals surface area contributed by atoms with Gasteiger partial charge in [-0.1, -0.05) is 12.1 Å². The number of rotatable bonds is 6. The Labute approximate surface area is 161 Å². The van der Waals surface area contributed by atoms with Crippen molar-refractivity contribution >= 4 is 18.4 Å². The van der Waals surface area contributed by atoms with Crippen molar-refractivity contribution in [3.8, 4) is 11.6 Å². The third-order valence-electron chi connectivity index (χ3n) is 5.19. The van der Waals surface area contributed by atoms with Crippen LogP contribution in [0, 0.1) is 0 Å². The number of pyridine rings is 1. The normalized spacial score (nSPS) is 17.6. The van der Waals surface area contributed by atoms with Crippen molar-refractivity contribution in [1.82, 2.24) is 4.98 Å². The monoisotopic (exact) mass is 370 g/mol. The van der Waals surface area contributed by atoms with Gasteiger partial charge in [-0.3, -0.25) is 0 Å². The molecule has 1 saturated heterocycles. The molecular weight excluding hydrogens is 343 g/mol. The van der Waals surface area contributed by atoms with Crippen molar-refractivity contribution in [3.05, 3.63) is 42.0 Å². The summed E-state index contributed by atoms with van der Waals surface area (Å²) in [4.78, 5) is 4.48. The van der Waals surface area contributed by atoms with E-state index in [9.17, 15) is 0 Å². The topological polar surface area (TPSA) is 61.8 Å². The number of benzene rings is 1. The molecule has 144 valence electrons. The molecule has 0 spiro atoms. The molecule has 1 aromatic carbocycles. The second kappa shape index (κ2) is 7.41. The number of hydrogen-bond acceptors (Lipinski definition) is 6. The highest BCUT2D eigenvalue weighted by Crippen LogP contribution is 2.36. The predicted octanol–water partition coefficient (Wildman–Crippen LogP) is 3.01. The first-order valence-corrected chi connectivity index (χ1v) is 9.02. The average molecular weight is 370 g/mol. The SMILES string of the molecule is COc1ccc(CNc2cc(B3OC(C)(C)C(C)(C)O3)cc(OC)n2)cc1. The van der Waals surface area contributed by atoms with Crippen molar-refractivity contribution in [3.63, 3.8) is 0 Å². The van der Waals surface area contributed by atoms with Crippen LogP contribution in [0.4, 0.5) is 5.82 Å². The number of aromatic nitrogens is 1. The Kier molecular flexibility index (Phi) is 5.35. The number of nitrogens with one attached hydrogen (secondary N) is 1. The van der Waals surface area contributed by atoms with Crippen LogP contribution >= 0.6 is 0 Å². The second-order valence-electron chi connectivity index (χ2n) is 7.62. The van der Waals surface area contributed by atoms with Crippen LogP contribution in [0.2, 0.25) is 0 Å². The Morgan fingerprint density at radius 2 is 1.59 bits per heavy atom. The van der Waals surface area contributed by atoms with Crippen LogP contribution in [0.1, 0.15) is 33.3 Å².